The molecule has 2 aromatic rings. The van der Waals surface area contributed by atoms with Gasteiger partial charge in [-0.25, -0.2) is 14.2 Å². The Balaban J connectivity index is 2.32. The summed E-state index contributed by atoms with van der Waals surface area (Å²) < 4.78 is 21.7. The lowest BCUT2D eigenvalue weighted by Crippen LogP contribution is -2.03. The molecule has 18 heavy (non-hydrogen) atoms. The summed E-state index contributed by atoms with van der Waals surface area (Å²) in [4.78, 5) is 15.4. The lowest BCUT2D eigenvalue weighted by atomic mass is 10.2. The van der Waals surface area contributed by atoms with Crippen LogP contribution in [0.1, 0.15) is 16.7 Å². The molecule has 4 nitrogen and oxygen atoms in total. The monoisotopic (exact) mass is 286 g/mol. The van der Waals surface area contributed by atoms with E-state index in [1.165, 1.54) is 18.2 Å². The van der Waals surface area contributed by atoms with Crippen molar-refractivity contribution in [3.63, 3.8) is 0 Å². The largest absolute Gasteiger partial charge is 0.461 e. The number of hydrogen-bond acceptors (Lipinski definition) is 5. The van der Waals surface area contributed by atoms with E-state index < -0.39 is 11.8 Å². The summed E-state index contributed by atoms with van der Waals surface area (Å²) >= 11 is 6.80. The topological polar surface area (TPSA) is 52.1 Å². The van der Waals surface area contributed by atoms with Crippen LogP contribution in [-0.4, -0.2) is 21.9 Å². The fraction of sp³-hybridized carbons (Fsp3) is 0.182. The third-order valence-corrected chi connectivity index (χ3v) is 3.06. The van der Waals surface area contributed by atoms with Gasteiger partial charge in [0.25, 0.3) is 0 Å². The van der Waals surface area contributed by atoms with Crippen molar-refractivity contribution in [3.8, 4) is 11.4 Å². The maximum atomic E-state index is 12.9. The van der Waals surface area contributed by atoms with Gasteiger partial charge in [0, 0.05) is 5.56 Å². The van der Waals surface area contributed by atoms with Gasteiger partial charge in [-0.05, 0) is 36.7 Å². The Kier molecular flexibility index (Phi) is 3.88. The van der Waals surface area contributed by atoms with Gasteiger partial charge in [-0.1, -0.05) is 11.6 Å². The van der Waals surface area contributed by atoms with Crippen molar-refractivity contribution in [2.45, 2.75) is 6.92 Å². The quantitative estimate of drug-likeness (QED) is 0.813. The van der Waals surface area contributed by atoms with Crippen molar-refractivity contribution in [1.82, 2.24) is 9.36 Å². The molecule has 0 N–H and O–H groups in total. The average Bonchev–Trinajstić information content (AvgIpc) is 2.78. The number of halogens is 2. The zero-order valence-corrected chi connectivity index (χ0v) is 10.9. The van der Waals surface area contributed by atoms with Crippen LogP contribution in [0.5, 0.6) is 0 Å². The fourth-order valence-electron chi connectivity index (χ4n) is 1.28. The Morgan fingerprint density at radius 2 is 2.33 bits per heavy atom. The SMILES string of the molecule is CCOC(=O)c1nc(-c2ccc(F)cc2Cl)ns1. The Labute approximate surface area is 112 Å². The van der Waals surface area contributed by atoms with Crippen LogP contribution in [-0.2, 0) is 4.74 Å². The summed E-state index contributed by atoms with van der Waals surface area (Å²) in [7, 11) is 0. The van der Waals surface area contributed by atoms with E-state index in [2.05, 4.69) is 9.36 Å². The van der Waals surface area contributed by atoms with Gasteiger partial charge in [0.2, 0.25) is 5.01 Å². The van der Waals surface area contributed by atoms with E-state index in [1.807, 2.05) is 0 Å². The van der Waals surface area contributed by atoms with Crippen molar-refractivity contribution in [2.24, 2.45) is 0 Å². The number of ether oxygens (including phenoxy) is 1. The minimum Gasteiger partial charge on any atom is -0.461 e. The van der Waals surface area contributed by atoms with Crippen molar-refractivity contribution in [3.05, 3.63) is 34.0 Å². The Morgan fingerprint density at radius 3 is 3.00 bits per heavy atom. The predicted molar refractivity (Wildman–Crippen MR) is 66.3 cm³/mol. The third-order valence-electron chi connectivity index (χ3n) is 2.05. The molecule has 0 radical (unpaired) electrons. The summed E-state index contributed by atoms with van der Waals surface area (Å²) in [6, 6.07) is 3.89. The molecule has 0 saturated carbocycles. The summed E-state index contributed by atoms with van der Waals surface area (Å²) in [5.41, 5.74) is 0.477. The normalized spacial score (nSPS) is 10.4. The van der Waals surface area contributed by atoms with E-state index in [0.29, 0.717) is 5.56 Å². The van der Waals surface area contributed by atoms with Gasteiger partial charge in [0.05, 0.1) is 11.6 Å². The second-order valence-electron chi connectivity index (χ2n) is 3.27. The molecule has 0 fully saturated rings. The molecule has 0 aliphatic heterocycles. The maximum Gasteiger partial charge on any atom is 0.369 e. The molecule has 2 rings (SSSR count). The van der Waals surface area contributed by atoms with Gasteiger partial charge in [0.1, 0.15) is 5.82 Å². The smallest absolute Gasteiger partial charge is 0.369 e. The molecular weight excluding hydrogens is 279 g/mol. The minimum atomic E-state index is -0.528. The molecule has 0 saturated heterocycles. The summed E-state index contributed by atoms with van der Waals surface area (Å²) in [6.07, 6.45) is 0. The number of esters is 1. The lowest BCUT2D eigenvalue weighted by molar-refractivity contribution is 0.0526. The van der Waals surface area contributed by atoms with Crippen molar-refractivity contribution in [2.75, 3.05) is 6.61 Å². The van der Waals surface area contributed by atoms with E-state index in [9.17, 15) is 9.18 Å². The lowest BCUT2D eigenvalue weighted by Gasteiger charge is -1.99. The van der Waals surface area contributed by atoms with Crippen LogP contribution < -0.4 is 0 Å². The molecule has 0 spiro atoms. The zero-order chi connectivity index (χ0) is 13.1. The highest BCUT2D eigenvalue weighted by atomic mass is 35.5. The van der Waals surface area contributed by atoms with Gasteiger partial charge >= 0.3 is 5.97 Å². The number of carbonyl (C=O) groups is 1. The second kappa shape index (κ2) is 5.41. The molecule has 0 aliphatic carbocycles. The van der Waals surface area contributed by atoms with Gasteiger partial charge in [-0.15, -0.1) is 0 Å². The molecule has 94 valence electrons. The highest BCUT2D eigenvalue weighted by molar-refractivity contribution is 7.07. The molecular formula is C11H8ClFN2O2S. The van der Waals surface area contributed by atoms with Gasteiger partial charge in [0.15, 0.2) is 5.82 Å². The first kappa shape index (κ1) is 12.9. The number of carbonyl (C=O) groups excluding carboxylic acids is 1. The summed E-state index contributed by atoms with van der Waals surface area (Å²) in [6.45, 7) is 1.97. The molecule has 0 aliphatic rings. The van der Waals surface area contributed by atoms with E-state index in [-0.39, 0.29) is 22.5 Å². The first-order valence-corrected chi connectivity index (χ1v) is 6.23. The Bertz CT molecular complexity index is 588. The zero-order valence-electron chi connectivity index (χ0n) is 9.31. The number of aromatic nitrogens is 2. The highest BCUT2D eigenvalue weighted by Gasteiger charge is 2.16. The van der Waals surface area contributed by atoms with E-state index >= 15 is 0 Å². The second-order valence-corrected chi connectivity index (χ2v) is 4.43. The third kappa shape index (κ3) is 2.65. The maximum absolute atomic E-state index is 12.9. The van der Waals surface area contributed by atoms with E-state index in [1.54, 1.807) is 6.92 Å². The van der Waals surface area contributed by atoms with Crippen LogP contribution in [0.2, 0.25) is 5.02 Å². The standard InChI is InChI=1S/C11H8ClFN2O2S/c1-2-17-11(16)10-14-9(15-18-10)7-4-3-6(13)5-8(7)12/h3-5H,2H2,1H3. The van der Waals surface area contributed by atoms with E-state index in [0.717, 1.165) is 11.5 Å². The van der Waals surface area contributed by atoms with Crippen molar-refractivity contribution >= 4 is 29.1 Å². The van der Waals surface area contributed by atoms with Crippen LogP contribution in [0.25, 0.3) is 11.4 Å². The molecule has 0 unspecified atom stereocenters. The van der Waals surface area contributed by atoms with Crippen LogP contribution in [0, 0.1) is 5.82 Å². The molecule has 1 aromatic heterocycles. The number of rotatable bonds is 3. The molecule has 7 heteroatoms. The summed E-state index contributed by atoms with van der Waals surface area (Å²) in [5.74, 6) is -0.683. The van der Waals surface area contributed by atoms with Crippen molar-refractivity contribution in [1.29, 1.82) is 0 Å². The molecule has 0 bridgehead atoms. The van der Waals surface area contributed by atoms with Crippen LogP contribution in [0.4, 0.5) is 4.39 Å². The van der Waals surface area contributed by atoms with Gasteiger partial charge in [-0.3, -0.25) is 0 Å². The van der Waals surface area contributed by atoms with Gasteiger partial charge < -0.3 is 4.74 Å². The number of benzene rings is 1. The highest BCUT2D eigenvalue weighted by Crippen LogP contribution is 2.27. The van der Waals surface area contributed by atoms with Crippen LogP contribution in [0.3, 0.4) is 0 Å². The number of hydrogen-bond donors (Lipinski definition) is 0. The molecule has 0 amide bonds. The first-order valence-electron chi connectivity index (χ1n) is 5.08. The summed E-state index contributed by atoms with van der Waals surface area (Å²) in [5, 5.41) is 0.343. The average molecular weight is 287 g/mol. The van der Waals surface area contributed by atoms with Crippen LogP contribution >= 0.6 is 23.1 Å². The number of nitrogens with zero attached hydrogens (tertiary/aromatic N) is 2. The van der Waals surface area contributed by atoms with Gasteiger partial charge in [-0.2, -0.15) is 4.37 Å². The predicted octanol–water partition coefficient (Wildman–Crippen LogP) is 3.17. The Hall–Kier alpha value is -1.53. The van der Waals surface area contributed by atoms with Crippen molar-refractivity contribution < 1.29 is 13.9 Å². The molecule has 1 heterocycles. The van der Waals surface area contributed by atoms with Crippen LogP contribution in [0.15, 0.2) is 18.2 Å². The van der Waals surface area contributed by atoms with E-state index in [4.69, 9.17) is 16.3 Å². The fourth-order valence-corrected chi connectivity index (χ4v) is 2.10. The Morgan fingerprint density at radius 1 is 1.56 bits per heavy atom. The molecule has 1 aromatic carbocycles. The molecule has 0 atom stereocenters. The minimum absolute atomic E-state index is 0.146. The first-order chi connectivity index (χ1) is 8.61.